The summed E-state index contributed by atoms with van der Waals surface area (Å²) in [5, 5.41) is 20.2. The summed E-state index contributed by atoms with van der Waals surface area (Å²) in [4.78, 5) is 24.6. The van der Waals surface area contributed by atoms with Crippen LogP contribution in [0.4, 0.5) is 0 Å². The molecule has 2 N–H and O–H groups in total. The van der Waals surface area contributed by atoms with Crippen molar-refractivity contribution in [3.8, 4) is 0 Å². The number of aliphatic carboxylic acids is 2. The molecule has 0 saturated carbocycles. The van der Waals surface area contributed by atoms with Crippen LogP contribution in [0, 0.1) is 16.7 Å². The van der Waals surface area contributed by atoms with Crippen molar-refractivity contribution in [2.24, 2.45) is 16.7 Å². The first-order valence-corrected chi connectivity index (χ1v) is 9.02. The van der Waals surface area contributed by atoms with E-state index in [2.05, 4.69) is 13.8 Å². The van der Waals surface area contributed by atoms with Gasteiger partial charge in [0, 0.05) is 0 Å². The Bertz CT molecular complexity index is 443. The van der Waals surface area contributed by atoms with E-state index in [1.807, 2.05) is 19.1 Å². The predicted octanol–water partition coefficient (Wildman–Crippen LogP) is 4.89. The molecule has 4 nitrogen and oxygen atoms in total. The van der Waals surface area contributed by atoms with Crippen molar-refractivity contribution in [3.05, 3.63) is 12.2 Å². The van der Waals surface area contributed by atoms with E-state index < -0.39 is 22.8 Å². The molecule has 0 aromatic heterocycles. The highest BCUT2D eigenvalue weighted by molar-refractivity contribution is 5.88. The highest BCUT2D eigenvalue weighted by atomic mass is 16.4. The third-order valence-corrected chi connectivity index (χ3v) is 5.70. The minimum Gasteiger partial charge on any atom is -0.481 e. The molecule has 1 aliphatic rings. The second-order valence-electron chi connectivity index (χ2n) is 7.00. The number of hydrogen-bond donors (Lipinski definition) is 2. The molecule has 0 saturated heterocycles. The zero-order chi connectivity index (χ0) is 17.5. The van der Waals surface area contributed by atoms with Gasteiger partial charge in [0.1, 0.15) is 0 Å². The molecule has 0 bridgehead atoms. The van der Waals surface area contributed by atoms with Crippen LogP contribution in [0.25, 0.3) is 0 Å². The van der Waals surface area contributed by atoms with Gasteiger partial charge in [0.05, 0.1) is 10.8 Å². The summed E-state index contributed by atoms with van der Waals surface area (Å²) in [5.41, 5.74) is -2.38. The van der Waals surface area contributed by atoms with Gasteiger partial charge in [0.15, 0.2) is 0 Å². The molecule has 0 spiro atoms. The maximum atomic E-state index is 12.3. The van der Waals surface area contributed by atoms with E-state index in [9.17, 15) is 19.8 Å². The fraction of sp³-hybridized carbons (Fsp3) is 0.789. The van der Waals surface area contributed by atoms with Crippen LogP contribution >= 0.6 is 0 Å². The molecule has 0 heterocycles. The average Bonchev–Trinajstić information content (AvgIpc) is 2.49. The Morgan fingerprint density at radius 1 is 1.00 bits per heavy atom. The first-order valence-electron chi connectivity index (χ1n) is 9.02. The van der Waals surface area contributed by atoms with Gasteiger partial charge in [-0.15, -0.1) is 0 Å². The Morgan fingerprint density at radius 3 is 2.04 bits per heavy atom. The van der Waals surface area contributed by atoms with Crippen LogP contribution in [0.2, 0.25) is 0 Å². The summed E-state index contributed by atoms with van der Waals surface area (Å²) in [6.45, 7) is 6.01. The van der Waals surface area contributed by atoms with Gasteiger partial charge in [-0.05, 0) is 25.2 Å². The molecule has 132 valence electrons. The quantitative estimate of drug-likeness (QED) is 0.443. The molecule has 0 amide bonds. The standard InChI is InChI=1S/C19H32O4/c1-4-6-8-12-18(16(20)21)13-10-11-15(3)19(18,17(22)23)14-9-7-5-2/h10-11,15H,4-9,12-14H2,1-3H3,(H,20,21)(H,22,23). The molecule has 0 aromatic rings. The zero-order valence-corrected chi connectivity index (χ0v) is 14.8. The number of rotatable bonds is 10. The summed E-state index contributed by atoms with van der Waals surface area (Å²) >= 11 is 0. The molecule has 1 rings (SSSR count). The van der Waals surface area contributed by atoms with Crippen LogP contribution in [0.15, 0.2) is 12.2 Å². The number of unbranched alkanes of at least 4 members (excludes halogenated alkanes) is 4. The number of allylic oxidation sites excluding steroid dienone is 2. The zero-order valence-electron chi connectivity index (χ0n) is 14.8. The van der Waals surface area contributed by atoms with Gasteiger partial charge < -0.3 is 10.2 Å². The third kappa shape index (κ3) is 3.61. The fourth-order valence-electron chi connectivity index (χ4n) is 4.27. The topological polar surface area (TPSA) is 74.6 Å². The predicted molar refractivity (Wildman–Crippen MR) is 91.3 cm³/mol. The largest absolute Gasteiger partial charge is 0.481 e. The van der Waals surface area contributed by atoms with Crippen LogP contribution in [0.3, 0.4) is 0 Å². The van der Waals surface area contributed by atoms with E-state index in [-0.39, 0.29) is 5.92 Å². The molecule has 0 aliphatic heterocycles. The molecule has 0 fully saturated rings. The molecule has 3 atom stereocenters. The van der Waals surface area contributed by atoms with Crippen LogP contribution < -0.4 is 0 Å². The van der Waals surface area contributed by atoms with Gasteiger partial charge in [0.25, 0.3) is 0 Å². The molecular formula is C19H32O4. The van der Waals surface area contributed by atoms with Crippen LogP contribution in [0.1, 0.15) is 78.6 Å². The average molecular weight is 324 g/mol. The van der Waals surface area contributed by atoms with Crippen molar-refractivity contribution >= 4 is 11.9 Å². The monoisotopic (exact) mass is 324 g/mol. The van der Waals surface area contributed by atoms with E-state index >= 15 is 0 Å². The van der Waals surface area contributed by atoms with Gasteiger partial charge in [0.2, 0.25) is 0 Å². The lowest BCUT2D eigenvalue weighted by molar-refractivity contribution is -0.182. The van der Waals surface area contributed by atoms with Gasteiger partial charge in [-0.3, -0.25) is 9.59 Å². The minimum absolute atomic E-state index is 0.261. The molecular weight excluding hydrogens is 292 g/mol. The number of carboxylic acids is 2. The summed E-state index contributed by atoms with van der Waals surface area (Å²) in [6, 6.07) is 0. The summed E-state index contributed by atoms with van der Waals surface area (Å²) in [5.74, 6) is -2.14. The molecule has 1 aliphatic carbocycles. The lowest BCUT2D eigenvalue weighted by atomic mass is 9.50. The second kappa shape index (κ2) is 8.51. The molecule has 4 heteroatoms. The lowest BCUT2D eigenvalue weighted by Gasteiger charge is -2.50. The van der Waals surface area contributed by atoms with Crippen molar-refractivity contribution < 1.29 is 19.8 Å². The van der Waals surface area contributed by atoms with Gasteiger partial charge in [-0.1, -0.05) is 71.4 Å². The van der Waals surface area contributed by atoms with Crippen molar-refractivity contribution in [1.82, 2.24) is 0 Å². The summed E-state index contributed by atoms with van der Waals surface area (Å²) < 4.78 is 0. The number of carboxylic acid groups (broad SMARTS) is 2. The van der Waals surface area contributed by atoms with Gasteiger partial charge in [-0.2, -0.15) is 0 Å². The maximum Gasteiger partial charge on any atom is 0.311 e. The van der Waals surface area contributed by atoms with E-state index in [4.69, 9.17) is 0 Å². The van der Waals surface area contributed by atoms with E-state index in [1.54, 1.807) is 0 Å². The number of carbonyl (C=O) groups is 2. The highest BCUT2D eigenvalue weighted by Crippen LogP contribution is 2.57. The Kier molecular flexibility index (Phi) is 7.30. The van der Waals surface area contributed by atoms with Crippen molar-refractivity contribution in [2.45, 2.75) is 78.6 Å². The Balaban J connectivity index is 3.30. The molecule has 3 unspecified atom stereocenters. The van der Waals surface area contributed by atoms with Crippen LogP contribution in [-0.4, -0.2) is 22.2 Å². The van der Waals surface area contributed by atoms with E-state index in [0.717, 1.165) is 38.5 Å². The Labute approximate surface area is 140 Å². The molecule has 0 aromatic carbocycles. The normalized spacial score (nSPS) is 30.3. The van der Waals surface area contributed by atoms with Crippen LogP contribution in [0.5, 0.6) is 0 Å². The van der Waals surface area contributed by atoms with Crippen molar-refractivity contribution in [1.29, 1.82) is 0 Å². The van der Waals surface area contributed by atoms with Crippen molar-refractivity contribution in [2.75, 3.05) is 0 Å². The number of hydrogen-bond acceptors (Lipinski definition) is 2. The smallest absolute Gasteiger partial charge is 0.311 e. The lowest BCUT2D eigenvalue weighted by Crippen LogP contribution is -2.57. The van der Waals surface area contributed by atoms with E-state index in [1.165, 1.54) is 0 Å². The summed E-state index contributed by atoms with van der Waals surface area (Å²) in [7, 11) is 0. The minimum atomic E-state index is -1.20. The van der Waals surface area contributed by atoms with Crippen LogP contribution in [-0.2, 0) is 9.59 Å². The van der Waals surface area contributed by atoms with Gasteiger partial charge in [-0.25, -0.2) is 0 Å². The van der Waals surface area contributed by atoms with Crippen molar-refractivity contribution in [3.63, 3.8) is 0 Å². The fourth-order valence-corrected chi connectivity index (χ4v) is 4.27. The molecule has 23 heavy (non-hydrogen) atoms. The first kappa shape index (κ1) is 19.7. The first-order chi connectivity index (χ1) is 10.9. The van der Waals surface area contributed by atoms with E-state index in [0.29, 0.717) is 19.3 Å². The Morgan fingerprint density at radius 2 is 1.57 bits per heavy atom. The SMILES string of the molecule is CCCCCC1(C(=O)O)CC=CC(C)C1(CCCCC)C(=O)O. The molecule has 0 radical (unpaired) electrons. The van der Waals surface area contributed by atoms with Gasteiger partial charge >= 0.3 is 11.9 Å². The third-order valence-electron chi connectivity index (χ3n) is 5.70. The summed E-state index contributed by atoms with van der Waals surface area (Å²) in [6.07, 6.45) is 10.4. The Hall–Kier alpha value is -1.32. The second-order valence-corrected chi connectivity index (χ2v) is 7.00. The maximum absolute atomic E-state index is 12.3. The highest BCUT2D eigenvalue weighted by Gasteiger charge is 2.63.